The number of hydrogen-bond donors (Lipinski definition) is 0. The van der Waals surface area contributed by atoms with E-state index >= 15 is 0 Å². The largest absolute Gasteiger partial charge is 0.0922 e. The predicted molar refractivity (Wildman–Crippen MR) is 70.2 cm³/mol. The van der Waals surface area contributed by atoms with Gasteiger partial charge < -0.3 is 0 Å². The zero-order chi connectivity index (χ0) is 10.9. The van der Waals surface area contributed by atoms with Crippen molar-refractivity contribution in [1.82, 2.24) is 0 Å². The van der Waals surface area contributed by atoms with Gasteiger partial charge in [-0.25, -0.2) is 0 Å². The van der Waals surface area contributed by atoms with Gasteiger partial charge in [-0.1, -0.05) is 45.6 Å². The average Bonchev–Trinajstić information content (AvgIpc) is 2.17. The molecule has 15 heavy (non-hydrogen) atoms. The van der Waals surface area contributed by atoms with Crippen LogP contribution >= 0.6 is 39.1 Å². The Morgan fingerprint density at radius 1 is 1.27 bits per heavy atom. The summed E-state index contributed by atoms with van der Waals surface area (Å²) in [7, 11) is 0. The van der Waals surface area contributed by atoms with Crippen LogP contribution in [0.25, 0.3) is 0 Å². The van der Waals surface area contributed by atoms with Gasteiger partial charge in [0.2, 0.25) is 0 Å². The van der Waals surface area contributed by atoms with Crippen molar-refractivity contribution < 1.29 is 0 Å². The van der Waals surface area contributed by atoms with E-state index in [-0.39, 0.29) is 0 Å². The average molecular weight is 308 g/mol. The van der Waals surface area contributed by atoms with Crippen LogP contribution in [0.4, 0.5) is 0 Å². The van der Waals surface area contributed by atoms with Crippen LogP contribution in [0.5, 0.6) is 0 Å². The van der Waals surface area contributed by atoms with Crippen molar-refractivity contribution in [1.29, 1.82) is 0 Å². The summed E-state index contributed by atoms with van der Waals surface area (Å²) in [4.78, 5) is 0. The summed E-state index contributed by atoms with van der Waals surface area (Å²) < 4.78 is 0. The lowest BCUT2D eigenvalue weighted by atomic mass is 9.67. The van der Waals surface area contributed by atoms with Gasteiger partial charge in [-0.3, -0.25) is 0 Å². The third-order valence-electron chi connectivity index (χ3n) is 3.27. The normalized spacial score (nSPS) is 18.6. The van der Waals surface area contributed by atoms with Gasteiger partial charge in [0, 0.05) is 15.4 Å². The molecule has 0 aromatic heterocycles. The summed E-state index contributed by atoms with van der Waals surface area (Å²) in [6, 6.07) is 5.72. The van der Waals surface area contributed by atoms with Crippen molar-refractivity contribution in [2.75, 3.05) is 5.33 Å². The van der Waals surface area contributed by atoms with E-state index in [1.807, 2.05) is 18.2 Å². The first-order valence-electron chi connectivity index (χ1n) is 5.15. The summed E-state index contributed by atoms with van der Waals surface area (Å²) in [5.74, 6) is 0. The summed E-state index contributed by atoms with van der Waals surface area (Å²) in [5.41, 5.74) is 1.61. The highest BCUT2D eigenvalue weighted by Crippen LogP contribution is 2.46. The molecule has 3 heteroatoms. The predicted octanol–water partition coefficient (Wildman–Crippen LogP) is 5.10. The fourth-order valence-electron chi connectivity index (χ4n) is 2.12. The molecule has 0 spiro atoms. The van der Waals surface area contributed by atoms with E-state index in [2.05, 4.69) is 15.9 Å². The third kappa shape index (κ3) is 2.51. The summed E-state index contributed by atoms with van der Waals surface area (Å²) in [6.45, 7) is 0. The van der Waals surface area contributed by atoms with Crippen molar-refractivity contribution in [2.24, 2.45) is 5.41 Å². The summed E-state index contributed by atoms with van der Waals surface area (Å²) in [6.07, 6.45) is 4.96. The van der Waals surface area contributed by atoms with Gasteiger partial charge in [-0.15, -0.1) is 0 Å². The molecule has 0 atom stereocenters. The fraction of sp³-hybridized carbons (Fsp3) is 0.500. The van der Waals surface area contributed by atoms with Crippen LogP contribution in [0.1, 0.15) is 24.8 Å². The molecule has 1 fully saturated rings. The van der Waals surface area contributed by atoms with E-state index < -0.39 is 0 Å². The lowest BCUT2D eigenvalue weighted by Gasteiger charge is -2.41. The zero-order valence-corrected chi connectivity index (χ0v) is 11.5. The molecule has 1 aromatic rings. The Balaban J connectivity index is 2.19. The summed E-state index contributed by atoms with van der Waals surface area (Å²) >= 11 is 15.8. The van der Waals surface area contributed by atoms with Crippen molar-refractivity contribution in [3.63, 3.8) is 0 Å². The second kappa shape index (κ2) is 4.65. The molecule has 0 N–H and O–H groups in total. The molecular formula is C12H13BrCl2. The quantitative estimate of drug-likeness (QED) is 0.681. The minimum Gasteiger partial charge on any atom is -0.0922 e. The molecule has 1 aromatic carbocycles. The Morgan fingerprint density at radius 2 is 2.00 bits per heavy atom. The molecule has 2 rings (SSSR count). The highest BCUT2D eigenvalue weighted by Gasteiger charge is 2.36. The third-order valence-corrected chi connectivity index (χ3v) is 5.06. The van der Waals surface area contributed by atoms with Crippen LogP contribution in [-0.4, -0.2) is 5.33 Å². The van der Waals surface area contributed by atoms with Gasteiger partial charge >= 0.3 is 0 Å². The maximum Gasteiger partial charge on any atom is 0.0439 e. The fourth-order valence-corrected chi connectivity index (χ4v) is 3.26. The molecule has 0 radical (unpaired) electrons. The van der Waals surface area contributed by atoms with Gasteiger partial charge in [-0.05, 0) is 48.4 Å². The van der Waals surface area contributed by atoms with Crippen molar-refractivity contribution in [3.8, 4) is 0 Å². The zero-order valence-electron chi connectivity index (χ0n) is 8.40. The molecule has 1 aliphatic carbocycles. The molecule has 1 saturated carbocycles. The molecule has 0 unspecified atom stereocenters. The minimum atomic E-state index is 0.425. The number of rotatable bonds is 3. The van der Waals surface area contributed by atoms with Gasteiger partial charge in [0.15, 0.2) is 0 Å². The smallest absolute Gasteiger partial charge is 0.0439 e. The van der Waals surface area contributed by atoms with Crippen molar-refractivity contribution >= 4 is 39.1 Å². The number of halogens is 3. The van der Waals surface area contributed by atoms with E-state index in [1.54, 1.807) is 0 Å². The second-order valence-corrected chi connectivity index (χ2v) is 5.80. The first-order chi connectivity index (χ1) is 7.15. The Hall–Kier alpha value is 0.280. The van der Waals surface area contributed by atoms with Crippen molar-refractivity contribution in [2.45, 2.75) is 25.7 Å². The second-order valence-electron chi connectivity index (χ2n) is 4.40. The first-order valence-corrected chi connectivity index (χ1v) is 7.03. The molecular weight excluding hydrogens is 295 g/mol. The van der Waals surface area contributed by atoms with E-state index in [0.29, 0.717) is 5.41 Å². The number of benzene rings is 1. The maximum atomic E-state index is 6.17. The molecule has 0 nitrogen and oxygen atoms in total. The monoisotopic (exact) mass is 306 g/mol. The molecule has 0 amide bonds. The molecule has 0 bridgehead atoms. The Morgan fingerprint density at radius 3 is 2.53 bits per heavy atom. The van der Waals surface area contributed by atoms with Crippen LogP contribution < -0.4 is 0 Å². The van der Waals surface area contributed by atoms with Crippen LogP contribution in [0, 0.1) is 5.41 Å². The Bertz CT molecular complexity index is 353. The van der Waals surface area contributed by atoms with E-state index in [9.17, 15) is 0 Å². The van der Waals surface area contributed by atoms with Crippen LogP contribution in [-0.2, 0) is 6.42 Å². The number of hydrogen-bond acceptors (Lipinski definition) is 0. The minimum absolute atomic E-state index is 0.425. The molecule has 82 valence electrons. The van der Waals surface area contributed by atoms with E-state index in [4.69, 9.17) is 23.2 Å². The molecule has 0 heterocycles. The number of alkyl halides is 1. The highest BCUT2D eigenvalue weighted by atomic mass is 79.9. The molecule has 0 saturated heterocycles. The Kier molecular flexibility index (Phi) is 3.64. The van der Waals surface area contributed by atoms with Gasteiger partial charge in [0.05, 0.1) is 0 Å². The van der Waals surface area contributed by atoms with Crippen molar-refractivity contribution in [3.05, 3.63) is 33.8 Å². The SMILES string of the molecule is Clc1ccc(Cl)c(CC2(CBr)CCC2)c1. The Labute approximate surface area is 109 Å². The topological polar surface area (TPSA) is 0 Å². The van der Waals surface area contributed by atoms with Crippen LogP contribution in [0.3, 0.4) is 0 Å². The van der Waals surface area contributed by atoms with E-state index in [1.165, 1.54) is 24.8 Å². The van der Waals surface area contributed by atoms with Gasteiger partial charge in [0.1, 0.15) is 0 Å². The lowest BCUT2D eigenvalue weighted by molar-refractivity contribution is 0.170. The van der Waals surface area contributed by atoms with Crippen LogP contribution in [0.15, 0.2) is 18.2 Å². The lowest BCUT2D eigenvalue weighted by Crippen LogP contribution is -2.33. The van der Waals surface area contributed by atoms with E-state index in [0.717, 1.165) is 21.8 Å². The maximum absolute atomic E-state index is 6.17. The standard InChI is InChI=1S/C12H13BrCl2/c13-8-12(4-1-5-12)7-9-6-10(14)2-3-11(9)15/h2-3,6H,1,4-5,7-8H2. The van der Waals surface area contributed by atoms with Gasteiger partial charge in [-0.2, -0.15) is 0 Å². The highest BCUT2D eigenvalue weighted by molar-refractivity contribution is 9.09. The first kappa shape index (κ1) is 11.8. The molecule has 1 aliphatic rings. The van der Waals surface area contributed by atoms with Gasteiger partial charge in [0.25, 0.3) is 0 Å². The molecule has 0 aliphatic heterocycles. The summed E-state index contributed by atoms with van der Waals surface area (Å²) in [5, 5.41) is 2.67. The van der Waals surface area contributed by atoms with Crippen LogP contribution in [0.2, 0.25) is 10.0 Å².